The van der Waals surface area contributed by atoms with Crippen LogP contribution in [-0.4, -0.2) is 47.3 Å². The van der Waals surface area contributed by atoms with Crippen LogP contribution in [0.15, 0.2) is 83.9 Å². The summed E-state index contributed by atoms with van der Waals surface area (Å²) in [6, 6.07) is 18.0. The highest BCUT2D eigenvalue weighted by Crippen LogP contribution is 2.43. The van der Waals surface area contributed by atoms with E-state index in [1.165, 1.54) is 18.5 Å². The van der Waals surface area contributed by atoms with Crippen molar-refractivity contribution in [3.63, 3.8) is 0 Å². The Balaban J connectivity index is 0.000000113. The fourth-order valence-electron chi connectivity index (χ4n) is 7.73. The van der Waals surface area contributed by atoms with Crippen molar-refractivity contribution in [2.45, 2.75) is 95.3 Å². The quantitative estimate of drug-likeness (QED) is 0.158. The number of aryl methyl sites for hydroxylation is 1. The first-order chi connectivity index (χ1) is 27.6. The van der Waals surface area contributed by atoms with Crippen molar-refractivity contribution in [1.29, 1.82) is 0 Å². The maximum absolute atomic E-state index is 12.0. The van der Waals surface area contributed by atoms with Gasteiger partial charge in [-0.05, 0) is 120 Å². The van der Waals surface area contributed by atoms with Gasteiger partial charge in [0.05, 0.1) is 34.5 Å². The Hall–Kier alpha value is -6.37. The van der Waals surface area contributed by atoms with E-state index in [2.05, 4.69) is 48.5 Å². The van der Waals surface area contributed by atoms with Crippen molar-refractivity contribution in [1.82, 2.24) is 29.5 Å². The number of carbonyl (C=O) groups is 3. The summed E-state index contributed by atoms with van der Waals surface area (Å²) in [7, 11) is 1.89. The van der Waals surface area contributed by atoms with Crippen LogP contribution in [0.4, 0.5) is 17.1 Å². The number of rotatable bonds is 5. The molecule has 3 aliphatic heterocycles. The summed E-state index contributed by atoms with van der Waals surface area (Å²) in [4.78, 5) is 40.3. The van der Waals surface area contributed by atoms with Crippen LogP contribution in [0.3, 0.4) is 0 Å². The topological polar surface area (TPSA) is 162 Å². The second-order valence-corrected chi connectivity index (χ2v) is 17.6. The Bertz CT molecular complexity index is 2510. The molecule has 13 nitrogen and oxygen atoms in total. The third-order valence-corrected chi connectivity index (χ3v) is 12.1. The van der Waals surface area contributed by atoms with Gasteiger partial charge in [-0.25, -0.2) is 4.98 Å². The van der Waals surface area contributed by atoms with Gasteiger partial charge in [-0.3, -0.25) is 19.1 Å². The summed E-state index contributed by atoms with van der Waals surface area (Å²) in [6.45, 7) is 11.6. The van der Waals surface area contributed by atoms with E-state index in [4.69, 9.17) is 4.42 Å². The van der Waals surface area contributed by atoms with Crippen LogP contribution < -0.4 is 16.0 Å². The van der Waals surface area contributed by atoms with Crippen molar-refractivity contribution in [3.8, 4) is 28.3 Å². The lowest BCUT2D eigenvalue weighted by Crippen LogP contribution is -2.26. The summed E-state index contributed by atoms with van der Waals surface area (Å²) >= 11 is 0. The van der Waals surface area contributed by atoms with Crippen LogP contribution >= 0.6 is 0 Å². The minimum absolute atomic E-state index is 0.0221. The van der Waals surface area contributed by atoms with Gasteiger partial charge >= 0.3 is 0 Å². The zero-order valence-corrected chi connectivity index (χ0v) is 33.8. The molecule has 0 unspecified atom stereocenters. The van der Waals surface area contributed by atoms with Gasteiger partial charge in [0.15, 0.2) is 0 Å². The number of imidazole rings is 1. The Morgan fingerprint density at radius 2 is 1.17 bits per heavy atom. The SMILES string of the molecule is CC1(C)C(=O)Nc2cc(-c3nnc(C4CC4)o3)ccc21.CC1(C)C(=O)Nc2cc(-n3cnc(C4CC4)c3)ccc21.Cn1cc(-c2ccc3c(c2)NC(=O)C3(C)C)cn1. The third-order valence-electron chi connectivity index (χ3n) is 12.1. The predicted octanol–water partition coefficient (Wildman–Crippen LogP) is 8.14. The molecule has 2 saturated carbocycles. The van der Waals surface area contributed by atoms with Gasteiger partial charge in [0, 0.05) is 65.2 Å². The van der Waals surface area contributed by atoms with Gasteiger partial charge in [0.25, 0.3) is 0 Å². The zero-order chi connectivity index (χ0) is 40.7. The summed E-state index contributed by atoms with van der Waals surface area (Å²) in [5.74, 6) is 2.50. The van der Waals surface area contributed by atoms with Crippen LogP contribution in [0.25, 0.3) is 28.3 Å². The highest BCUT2D eigenvalue weighted by Gasteiger charge is 2.40. The van der Waals surface area contributed by atoms with Crippen molar-refractivity contribution >= 4 is 34.8 Å². The molecule has 58 heavy (non-hydrogen) atoms. The fraction of sp³-hybridized carbons (Fsp3) is 0.356. The number of carbonyl (C=O) groups excluding carboxylic acids is 3. The summed E-state index contributed by atoms with van der Waals surface area (Å²) < 4.78 is 9.50. The second-order valence-electron chi connectivity index (χ2n) is 17.6. The number of aromatic nitrogens is 6. The number of amides is 3. The minimum atomic E-state index is -0.484. The number of nitrogens with one attached hydrogen (secondary N) is 3. The second kappa shape index (κ2) is 13.4. The van der Waals surface area contributed by atoms with Crippen LogP contribution in [0.5, 0.6) is 0 Å². The van der Waals surface area contributed by atoms with E-state index >= 15 is 0 Å². The lowest BCUT2D eigenvalue weighted by atomic mass is 9.85. The highest BCUT2D eigenvalue weighted by atomic mass is 16.4. The molecule has 3 amide bonds. The molecule has 0 radical (unpaired) electrons. The summed E-state index contributed by atoms with van der Waals surface area (Å²) in [5.41, 5.74) is 9.61. The van der Waals surface area contributed by atoms with Crippen molar-refractivity contribution in [3.05, 3.63) is 108 Å². The number of nitrogens with zero attached hydrogens (tertiary/aromatic N) is 6. The van der Waals surface area contributed by atoms with Crippen LogP contribution in [0.2, 0.25) is 0 Å². The van der Waals surface area contributed by atoms with Crippen molar-refractivity contribution < 1.29 is 18.8 Å². The molecule has 3 aromatic carbocycles. The Morgan fingerprint density at radius 1 is 0.638 bits per heavy atom. The average molecular weight is 778 g/mol. The molecule has 6 aromatic rings. The van der Waals surface area contributed by atoms with E-state index in [9.17, 15) is 14.4 Å². The molecule has 0 spiro atoms. The molecule has 2 fully saturated rings. The maximum Gasteiger partial charge on any atom is 0.247 e. The summed E-state index contributed by atoms with van der Waals surface area (Å²) in [6.07, 6.45) is 12.5. The van der Waals surface area contributed by atoms with Crippen LogP contribution in [0, 0.1) is 0 Å². The largest absolute Gasteiger partial charge is 0.420 e. The van der Waals surface area contributed by atoms with E-state index < -0.39 is 16.2 Å². The first kappa shape index (κ1) is 37.2. The van der Waals surface area contributed by atoms with E-state index in [0.717, 1.165) is 74.9 Å². The molecule has 0 bridgehead atoms. The molecule has 11 rings (SSSR count). The normalized spacial score (nSPS) is 18.8. The van der Waals surface area contributed by atoms with Gasteiger partial charge in [-0.2, -0.15) is 5.10 Å². The van der Waals surface area contributed by atoms with Gasteiger partial charge in [-0.15, -0.1) is 10.2 Å². The highest BCUT2D eigenvalue weighted by molar-refractivity contribution is 6.07. The molecular formula is C45H47N9O4. The molecule has 0 saturated heterocycles. The van der Waals surface area contributed by atoms with E-state index in [1.807, 2.05) is 120 Å². The lowest BCUT2D eigenvalue weighted by molar-refractivity contribution is -0.120. The Morgan fingerprint density at radius 3 is 1.72 bits per heavy atom. The molecule has 6 heterocycles. The van der Waals surface area contributed by atoms with Crippen LogP contribution in [-0.2, 0) is 37.7 Å². The molecule has 3 aromatic heterocycles. The molecule has 5 aliphatic rings. The number of anilines is 3. The molecule has 13 heteroatoms. The monoisotopic (exact) mass is 777 g/mol. The van der Waals surface area contributed by atoms with Crippen molar-refractivity contribution in [2.24, 2.45) is 7.05 Å². The Labute approximate surface area is 336 Å². The fourth-order valence-corrected chi connectivity index (χ4v) is 7.73. The zero-order valence-electron chi connectivity index (χ0n) is 33.8. The van der Waals surface area contributed by atoms with Gasteiger partial charge in [0.1, 0.15) is 0 Å². The molecule has 296 valence electrons. The van der Waals surface area contributed by atoms with Crippen molar-refractivity contribution in [2.75, 3.05) is 16.0 Å². The van der Waals surface area contributed by atoms with Gasteiger partial charge in [-0.1, -0.05) is 24.3 Å². The molecule has 0 atom stereocenters. The lowest BCUT2D eigenvalue weighted by Gasteiger charge is -2.15. The maximum atomic E-state index is 12.0. The predicted molar refractivity (Wildman–Crippen MR) is 221 cm³/mol. The average Bonchev–Trinajstić information content (AvgIpc) is 3.97. The molecule has 2 aliphatic carbocycles. The molecular weight excluding hydrogens is 731 g/mol. The van der Waals surface area contributed by atoms with Crippen LogP contribution in [0.1, 0.15) is 107 Å². The number of fused-ring (bicyclic) bond motifs is 3. The van der Waals surface area contributed by atoms with E-state index in [-0.39, 0.29) is 17.7 Å². The molecule has 3 N–H and O–H groups in total. The summed E-state index contributed by atoms with van der Waals surface area (Å²) in [5, 5.41) is 21.2. The third kappa shape index (κ3) is 6.57. The van der Waals surface area contributed by atoms with Gasteiger partial charge < -0.3 is 24.9 Å². The Kier molecular flexibility index (Phi) is 8.57. The van der Waals surface area contributed by atoms with Gasteiger partial charge in [0.2, 0.25) is 29.5 Å². The minimum Gasteiger partial charge on any atom is -0.420 e. The number of benzene rings is 3. The van der Waals surface area contributed by atoms with E-state index in [1.54, 1.807) is 4.68 Å². The first-order valence-electron chi connectivity index (χ1n) is 19.8. The number of hydrogen-bond donors (Lipinski definition) is 3. The smallest absolute Gasteiger partial charge is 0.247 e. The first-order valence-corrected chi connectivity index (χ1v) is 19.8. The standard InChI is InChI=1S/C16H17N3O.C15H15N3O2.C14H15N3O/c1-16(2)12-6-5-11(7-13(12)18-15(16)20)19-8-14(17-9-19)10-3-4-10;1-15(2)10-6-5-9(7-11(10)16-14(15)19)13-18-17-12(20-13)8-3-4-8;1-14(2)11-5-4-9(6-12(11)16-13(14)18)10-7-15-17(3)8-10/h5-10H,3-4H2,1-2H3,(H,18,20);5-8H,3-4H2,1-2H3,(H,16,19);4-8H,1-3H3,(H,16,18). The number of hydrogen-bond acceptors (Lipinski definition) is 8. The van der Waals surface area contributed by atoms with E-state index in [0.29, 0.717) is 17.7 Å².